The van der Waals surface area contributed by atoms with Crippen molar-refractivity contribution in [3.8, 4) is 5.75 Å². The van der Waals surface area contributed by atoms with E-state index in [1.165, 1.54) is 0 Å². The quantitative estimate of drug-likeness (QED) is 0.609. The van der Waals surface area contributed by atoms with E-state index >= 15 is 0 Å². The number of hydrogen-bond donors (Lipinski definition) is 0. The van der Waals surface area contributed by atoms with E-state index in [-0.39, 0.29) is 9.52 Å². The summed E-state index contributed by atoms with van der Waals surface area (Å²) < 4.78 is 4.81. The van der Waals surface area contributed by atoms with Crippen molar-refractivity contribution in [2.45, 2.75) is 3.74 Å². The van der Waals surface area contributed by atoms with Crippen molar-refractivity contribution in [3.63, 3.8) is 0 Å². The van der Waals surface area contributed by atoms with Gasteiger partial charge in [-0.05, 0) is 29.0 Å². The Morgan fingerprint density at radius 3 is 2.41 bits per heavy atom. The highest BCUT2D eigenvalue weighted by Crippen LogP contribution is 2.24. The molecule has 0 fully saturated rings. The van der Waals surface area contributed by atoms with Crippen molar-refractivity contribution in [2.24, 2.45) is 0 Å². The lowest BCUT2D eigenvalue weighted by Crippen LogP contribution is -2.06. The van der Waals surface area contributed by atoms with Gasteiger partial charge in [-0.3, -0.25) is 4.79 Å². The molecule has 17 heavy (non-hydrogen) atoms. The second kappa shape index (κ2) is 5.19. The fraction of sp³-hybridized carbons (Fsp3) is 0.154. The van der Waals surface area contributed by atoms with E-state index in [0.717, 1.165) is 16.5 Å². The highest BCUT2D eigenvalue weighted by molar-refractivity contribution is 9.25. The molecule has 0 unspecified atom stereocenters. The van der Waals surface area contributed by atoms with Gasteiger partial charge < -0.3 is 4.74 Å². The molecule has 0 bridgehead atoms. The molecule has 0 N–H and O–H groups in total. The van der Waals surface area contributed by atoms with Crippen LogP contribution >= 0.6 is 31.9 Å². The Morgan fingerprint density at radius 2 is 1.76 bits per heavy atom. The lowest BCUT2D eigenvalue weighted by atomic mass is 10.0. The molecule has 0 saturated carbocycles. The van der Waals surface area contributed by atoms with Crippen LogP contribution in [0.4, 0.5) is 0 Å². The van der Waals surface area contributed by atoms with Crippen LogP contribution in [0.15, 0.2) is 36.4 Å². The normalized spacial score (nSPS) is 10.8. The molecule has 0 amide bonds. The van der Waals surface area contributed by atoms with Gasteiger partial charge in [-0.1, -0.05) is 50.1 Å². The van der Waals surface area contributed by atoms with Gasteiger partial charge >= 0.3 is 0 Å². The standard InChI is InChI=1S/C13H10Br2O2/c1-17-11-5-4-8-6-10(12(16)13(14)15)3-2-9(8)7-11/h2-7,13H,1H3. The van der Waals surface area contributed by atoms with Crippen molar-refractivity contribution in [1.29, 1.82) is 0 Å². The number of alkyl halides is 2. The van der Waals surface area contributed by atoms with Gasteiger partial charge in [0.25, 0.3) is 0 Å². The van der Waals surface area contributed by atoms with Crippen LogP contribution in [-0.4, -0.2) is 16.6 Å². The zero-order valence-corrected chi connectivity index (χ0v) is 12.3. The minimum atomic E-state index is -0.342. The number of rotatable bonds is 3. The number of methoxy groups -OCH3 is 1. The number of ether oxygens (including phenoxy) is 1. The van der Waals surface area contributed by atoms with Crippen molar-refractivity contribution < 1.29 is 9.53 Å². The maximum atomic E-state index is 11.8. The molecule has 0 aliphatic heterocycles. The summed E-state index contributed by atoms with van der Waals surface area (Å²) in [6.07, 6.45) is 0. The summed E-state index contributed by atoms with van der Waals surface area (Å²) in [4.78, 5) is 11.8. The van der Waals surface area contributed by atoms with E-state index in [9.17, 15) is 4.79 Å². The molecule has 0 aromatic heterocycles. The van der Waals surface area contributed by atoms with E-state index in [4.69, 9.17) is 4.74 Å². The minimum absolute atomic E-state index is 0.0164. The monoisotopic (exact) mass is 356 g/mol. The molecule has 2 rings (SSSR count). The van der Waals surface area contributed by atoms with Crippen molar-refractivity contribution in [3.05, 3.63) is 42.0 Å². The Balaban J connectivity index is 2.48. The Hall–Kier alpha value is -0.870. The summed E-state index contributed by atoms with van der Waals surface area (Å²) in [5, 5.41) is 2.08. The molecule has 0 aliphatic rings. The van der Waals surface area contributed by atoms with Gasteiger partial charge in [-0.15, -0.1) is 0 Å². The van der Waals surface area contributed by atoms with E-state index in [1.807, 2.05) is 36.4 Å². The second-order valence-electron chi connectivity index (χ2n) is 3.59. The number of fused-ring (bicyclic) bond motifs is 1. The third-order valence-electron chi connectivity index (χ3n) is 2.53. The Labute approximate surface area is 116 Å². The summed E-state index contributed by atoms with van der Waals surface area (Å²) in [6, 6.07) is 11.4. The Kier molecular flexibility index (Phi) is 3.84. The average Bonchev–Trinajstić information content (AvgIpc) is 2.36. The Bertz CT molecular complexity index is 564. The SMILES string of the molecule is COc1ccc2cc(C(=O)C(Br)Br)ccc2c1. The number of ketones is 1. The topological polar surface area (TPSA) is 26.3 Å². The number of halogens is 2. The molecule has 2 aromatic rings. The molecule has 0 radical (unpaired) electrons. The molecule has 0 saturated heterocycles. The van der Waals surface area contributed by atoms with Gasteiger partial charge in [0.05, 0.1) is 7.11 Å². The molecule has 2 aromatic carbocycles. The molecule has 2 nitrogen and oxygen atoms in total. The molecule has 88 valence electrons. The zero-order valence-electron chi connectivity index (χ0n) is 9.11. The summed E-state index contributed by atoms with van der Waals surface area (Å²) >= 11 is 6.42. The van der Waals surface area contributed by atoms with E-state index < -0.39 is 0 Å². The first-order chi connectivity index (χ1) is 8.11. The van der Waals surface area contributed by atoms with Gasteiger partial charge in [-0.25, -0.2) is 0 Å². The van der Waals surface area contributed by atoms with Crippen molar-refractivity contribution >= 4 is 48.4 Å². The van der Waals surface area contributed by atoms with Crippen molar-refractivity contribution in [1.82, 2.24) is 0 Å². The lowest BCUT2D eigenvalue weighted by molar-refractivity contribution is 0.101. The number of benzene rings is 2. The maximum absolute atomic E-state index is 11.8. The van der Waals surface area contributed by atoms with Crippen molar-refractivity contribution in [2.75, 3.05) is 7.11 Å². The largest absolute Gasteiger partial charge is 0.497 e. The molecule has 0 atom stereocenters. The van der Waals surface area contributed by atoms with E-state index in [0.29, 0.717) is 5.56 Å². The summed E-state index contributed by atoms with van der Waals surface area (Å²) in [6.45, 7) is 0. The maximum Gasteiger partial charge on any atom is 0.187 e. The third-order valence-corrected chi connectivity index (χ3v) is 3.36. The third kappa shape index (κ3) is 2.69. The number of Topliss-reactive ketones (excluding diaryl/α,β-unsaturated/α-hetero) is 1. The number of carbonyl (C=O) groups excluding carboxylic acids is 1. The predicted molar refractivity (Wildman–Crippen MR) is 76.5 cm³/mol. The van der Waals surface area contributed by atoms with Gasteiger partial charge in [0, 0.05) is 5.56 Å². The summed E-state index contributed by atoms with van der Waals surface area (Å²) in [7, 11) is 1.64. The second-order valence-corrected chi connectivity index (χ2v) is 6.65. The van der Waals surface area contributed by atoms with Crippen LogP contribution in [0.5, 0.6) is 5.75 Å². The fourth-order valence-electron chi connectivity index (χ4n) is 1.63. The van der Waals surface area contributed by atoms with Gasteiger partial charge in [0.2, 0.25) is 0 Å². The lowest BCUT2D eigenvalue weighted by Gasteiger charge is -2.05. The molecule has 0 heterocycles. The Morgan fingerprint density at radius 1 is 1.12 bits per heavy atom. The van der Waals surface area contributed by atoms with Crippen LogP contribution in [0.3, 0.4) is 0 Å². The van der Waals surface area contributed by atoms with Gasteiger partial charge in [0.1, 0.15) is 9.49 Å². The van der Waals surface area contributed by atoms with Crippen LogP contribution in [0.2, 0.25) is 0 Å². The molecule has 4 heteroatoms. The van der Waals surface area contributed by atoms with Crippen LogP contribution < -0.4 is 4.74 Å². The predicted octanol–water partition coefficient (Wildman–Crippen LogP) is 4.15. The first-order valence-electron chi connectivity index (χ1n) is 5.02. The zero-order chi connectivity index (χ0) is 12.4. The number of carbonyl (C=O) groups is 1. The van der Waals surface area contributed by atoms with Crippen LogP contribution in [-0.2, 0) is 0 Å². The van der Waals surface area contributed by atoms with Gasteiger partial charge in [0.15, 0.2) is 5.78 Å². The fourth-order valence-corrected chi connectivity index (χ4v) is 2.16. The average molecular weight is 358 g/mol. The first kappa shape index (κ1) is 12.6. The van der Waals surface area contributed by atoms with Crippen LogP contribution in [0.25, 0.3) is 10.8 Å². The smallest absolute Gasteiger partial charge is 0.187 e. The molecular formula is C13H10Br2O2. The van der Waals surface area contributed by atoms with E-state index in [2.05, 4.69) is 31.9 Å². The summed E-state index contributed by atoms with van der Waals surface area (Å²) in [5.41, 5.74) is 0.682. The summed E-state index contributed by atoms with van der Waals surface area (Å²) in [5.74, 6) is 0.832. The molecular weight excluding hydrogens is 348 g/mol. The van der Waals surface area contributed by atoms with Crippen LogP contribution in [0, 0.1) is 0 Å². The minimum Gasteiger partial charge on any atom is -0.497 e. The van der Waals surface area contributed by atoms with Gasteiger partial charge in [-0.2, -0.15) is 0 Å². The molecule has 0 aliphatic carbocycles. The highest BCUT2D eigenvalue weighted by atomic mass is 79.9. The first-order valence-corrected chi connectivity index (χ1v) is 6.85. The van der Waals surface area contributed by atoms with Crippen LogP contribution in [0.1, 0.15) is 10.4 Å². The van der Waals surface area contributed by atoms with E-state index in [1.54, 1.807) is 7.11 Å². The number of hydrogen-bond acceptors (Lipinski definition) is 2. The highest BCUT2D eigenvalue weighted by Gasteiger charge is 2.13. The molecule has 0 spiro atoms.